The van der Waals surface area contributed by atoms with Crippen molar-refractivity contribution >= 4 is 5.91 Å². The number of hydrogen-bond donors (Lipinski definition) is 3. The second-order valence-electron chi connectivity index (χ2n) is 3.81. The normalized spacial score (nSPS) is 15.2. The third kappa shape index (κ3) is 2.16. The Hall–Kier alpha value is -1.97. The largest absolute Gasteiger partial charge is 0.508 e. The van der Waals surface area contributed by atoms with Gasteiger partial charge < -0.3 is 15.5 Å². The van der Waals surface area contributed by atoms with Crippen molar-refractivity contribution in [2.24, 2.45) is 0 Å². The number of phenols is 2. The molecule has 0 aromatic heterocycles. The first-order valence-electron chi connectivity index (χ1n) is 5.14. The maximum absolute atomic E-state index is 11.8. The van der Waals surface area contributed by atoms with Gasteiger partial charge in [-0.2, -0.15) is 0 Å². The summed E-state index contributed by atoms with van der Waals surface area (Å²) < 4.78 is 0. The fourth-order valence-electron chi connectivity index (χ4n) is 1.71. The molecule has 0 aliphatic heterocycles. The monoisotopic (exact) mass is 219 g/mol. The highest BCUT2D eigenvalue weighted by Crippen LogP contribution is 2.22. The number of rotatable bonds is 2. The van der Waals surface area contributed by atoms with Crippen LogP contribution in [0.15, 0.2) is 30.4 Å². The van der Waals surface area contributed by atoms with Crippen molar-refractivity contribution in [1.29, 1.82) is 0 Å². The minimum Gasteiger partial charge on any atom is -0.508 e. The molecule has 0 unspecified atom stereocenters. The Balaban J connectivity index is 2.08. The Bertz CT molecular complexity index is 432. The van der Waals surface area contributed by atoms with Gasteiger partial charge in [0.1, 0.15) is 11.5 Å². The second kappa shape index (κ2) is 4.26. The topological polar surface area (TPSA) is 69.6 Å². The fourth-order valence-corrected chi connectivity index (χ4v) is 1.71. The summed E-state index contributed by atoms with van der Waals surface area (Å²) in [4.78, 5) is 11.8. The van der Waals surface area contributed by atoms with Crippen LogP contribution in [0.1, 0.15) is 23.2 Å². The van der Waals surface area contributed by atoms with Crippen molar-refractivity contribution in [2.45, 2.75) is 18.9 Å². The van der Waals surface area contributed by atoms with Crippen molar-refractivity contribution in [1.82, 2.24) is 5.32 Å². The third-order valence-corrected chi connectivity index (χ3v) is 2.57. The lowest BCUT2D eigenvalue weighted by Crippen LogP contribution is -2.32. The summed E-state index contributed by atoms with van der Waals surface area (Å²) in [7, 11) is 0. The molecular formula is C12H13NO3. The van der Waals surface area contributed by atoms with Crippen molar-refractivity contribution in [3.63, 3.8) is 0 Å². The second-order valence-corrected chi connectivity index (χ2v) is 3.81. The van der Waals surface area contributed by atoms with E-state index in [2.05, 4.69) is 5.32 Å². The molecule has 0 bridgehead atoms. The van der Waals surface area contributed by atoms with Crippen LogP contribution < -0.4 is 5.32 Å². The Morgan fingerprint density at radius 1 is 1.25 bits per heavy atom. The van der Waals surface area contributed by atoms with Gasteiger partial charge in [0.05, 0.1) is 5.56 Å². The molecule has 1 amide bonds. The van der Waals surface area contributed by atoms with Crippen LogP contribution in [-0.4, -0.2) is 22.2 Å². The highest BCUT2D eigenvalue weighted by atomic mass is 16.3. The van der Waals surface area contributed by atoms with E-state index in [1.54, 1.807) is 0 Å². The van der Waals surface area contributed by atoms with Gasteiger partial charge in [-0.1, -0.05) is 12.2 Å². The first kappa shape index (κ1) is 10.5. The molecule has 4 nitrogen and oxygen atoms in total. The number of nitrogens with one attached hydrogen (secondary N) is 1. The van der Waals surface area contributed by atoms with Gasteiger partial charge in [-0.25, -0.2) is 0 Å². The summed E-state index contributed by atoms with van der Waals surface area (Å²) in [6.07, 6.45) is 5.68. The lowest BCUT2D eigenvalue weighted by molar-refractivity contribution is 0.0936. The van der Waals surface area contributed by atoms with Gasteiger partial charge in [-0.15, -0.1) is 0 Å². The molecule has 4 heteroatoms. The zero-order valence-electron chi connectivity index (χ0n) is 8.68. The van der Waals surface area contributed by atoms with Gasteiger partial charge in [0.15, 0.2) is 0 Å². The van der Waals surface area contributed by atoms with Crippen LogP contribution >= 0.6 is 0 Å². The average Bonchev–Trinajstić information content (AvgIpc) is 2.70. The summed E-state index contributed by atoms with van der Waals surface area (Å²) >= 11 is 0. The predicted octanol–water partition coefficient (Wildman–Crippen LogP) is 1.55. The quantitative estimate of drug-likeness (QED) is 0.661. The van der Waals surface area contributed by atoms with E-state index in [1.807, 2.05) is 12.2 Å². The summed E-state index contributed by atoms with van der Waals surface area (Å²) in [5, 5.41) is 21.4. The van der Waals surface area contributed by atoms with E-state index >= 15 is 0 Å². The molecular weight excluding hydrogens is 206 g/mol. The molecule has 0 radical (unpaired) electrons. The van der Waals surface area contributed by atoms with Crippen LogP contribution in [0.5, 0.6) is 11.5 Å². The van der Waals surface area contributed by atoms with Gasteiger partial charge in [0.25, 0.3) is 5.91 Å². The average molecular weight is 219 g/mol. The number of benzene rings is 1. The highest BCUT2D eigenvalue weighted by Gasteiger charge is 2.17. The molecule has 16 heavy (non-hydrogen) atoms. The number of carbonyl (C=O) groups excluding carboxylic acids is 1. The number of aromatic hydroxyl groups is 2. The van der Waals surface area contributed by atoms with Gasteiger partial charge in [0, 0.05) is 12.1 Å². The Kier molecular flexibility index (Phi) is 2.81. The number of amides is 1. The summed E-state index contributed by atoms with van der Waals surface area (Å²) in [6, 6.07) is 4.05. The van der Waals surface area contributed by atoms with Crippen LogP contribution in [0.4, 0.5) is 0 Å². The molecule has 1 aliphatic rings. The van der Waals surface area contributed by atoms with Crippen LogP contribution in [0.3, 0.4) is 0 Å². The fraction of sp³-hybridized carbons (Fsp3) is 0.250. The summed E-state index contributed by atoms with van der Waals surface area (Å²) in [6.45, 7) is 0. The predicted molar refractivity (Wildman–Crippen MR) is 59.4 cm³/mol. The highest BCUT2D eigenvalue weighted by molar-refractivity contribution is 5.97. The van der Waals surface area contributed by atoms with E-state index in [0.717, 1.165) is 18.9 Å². The SMILES string of the molecule is O=C(NC1CC=CC1)c1ccc(O)cc1O. The van der Waals surface area contributed by atoms with E-state index in [4.69, 9.17) is 5.11 Å². The minimum atomic E-state index is -0.314. The molecule has 84 valence electrons. The Morgan fingerprint density at radius 3 is 2.56 bits per heavy atom. The minimum absolute atomic E-state index is 0.0587. The summed E-state index contributed by atoms with van der Waals surface area (Å²) in [5.41, 5.74) is 0.185. The molecule has 0 saturated heterocycles. The molecule has 0 heterocycles. The smallest absolute Gasteiger partial charge is 0.255 e. The zero-order valence-corrected chi connectivity index (χ0v) is 8.68. The third-order valence-electron chi connectivity index (χ3n) is 2.57. The van der Waals surface area contributed by atoms with Crippen molar-refractivity contribution in [3.05, 3.63) is 35.9 Å². The van der Waals surface area contributed by atoms with Crippen LogP contribution in [0, 0.1) is 0 Å². The standard InChI is InChI=1S/C12H13NO3/c14-9-5-6-10(11(15)7-9)12(16)13-8-3-1-2-4-8/h1-2,5-8,14-15H,3-4H2,(H,13,16). The molecule has 2 rings (SSSR count). The maximum atomic E-state index is 11.8. The molecule has 1 aliphatic carbocycles. The van der Waals surface area contributed by atoms with Crippen molar-refractivity contribution in [3.8, 4) is 11.5 Å². The molecule has 0 saturated carbocycles. The molecule has 3 N–H and O–H groups in total. The first-order valence-corrected chi connectivity index (χ1v) is 5.14. The molecule has 0 fully saturated rings. The van der Waals surface area contributed by atoms with Gasteiger partial charge in [-0.05, 0) is 25.0 Å². The summed E-state index contributed by atoms with van der Waals surface area (Å²) in [5.74, 6) is -0.578. The van der Waals surface area contributed by atoms with E-state index in [1.165, 1.54) is 12.1 Å². The molecule has 1 aromatic rings. The van der Waals surface area contributed by atoms with Crippen LogP contribution in [0.25, 0.3) is 0 Å². The van der Waals surface area contributed by atoms with E-state index in [-0.39, 0.29) is 29.0 Å². The number of phenolic OH excluding ortho intramolecular Hbond substituents is 2. The number of hydrogen-bond acceptors (Lipinski definition) is 3. The Labute approximate surface area is 93.2 Å². The van der Waals surface area contributed by atoms with Crippen molar-refractivity contribution in [2.75, 3.05) is 0 Å². The molecule has 0 atom stereocenters. The van der Waals surface area contributed by atoms with E-state index in [0.29, 0.717) is 0 Å². The van der Waals surface area contributed by atoms with Crippen LogP contribution in [-0.2, 0) is 0 Å². The van der Waals surface area contributed by atoms with E-state index in [9.17, 15) is 9.90 Å². The Morgan fingerprint density at radius 2 is 1.94 bits per heavy atom. The van der Waals surface area contributed by atoms with E-state index < -0.39 is 0 Å². The lowest BCUT2D eigenvalue weighted by Gasteiger charge is -2.12. The maximum Gasteiger partial charge on any atom is 0.255 e. The van der Waals surface area contributed by atoms with Gasteiger partial charge >= 0.3 is 0 Å². The lowest BCUT2D eigenvalue weighted by atomic mass is 10.1. The molecule has 0 spiro atoms. The van der Waals surface area contributed by atoms with Crippen LogP contribution in [0.2, 0.25) is 0 Å². The number of carbonyl (C=O) groups is 1. The van der Waals surface area contributed by atoms with Crippen molar-refractivity contribution < 1.29 is 15.0 Å². The van der Waals surface area contributed by atoms with Gasteiger partial charge in [0.2, 0.25) is 0 Å². The van der Waals surface area contributed by atoms with Gasteiger partial charge in [-0.3, -0.25) is 4.79 Å². The first-order chi connectivity index (χ1) is 7.66. The molecule has 1 aromatic carbocycles. The zero-order chi connectivity index (χ0) is 11.5.